The summed E-state index contributed by atoms with van der Waals surface area (Å²) in [6.07, 6.45) is -1.81. The van der Waals surface area contributed by atoms with Crippen LogP contribution in [0.5, 0.6) is 5.75 Å². The lowest BCUT2D eigenvalue weighted by Gasteiger charge is -2.11. The third-order valence-corrected chi connectivity index (χ3v) is 3.85. The molecule has 0 spiro atoms. The molecule has 3 nitrogen and oxygen atoms in total. The van der Waals surface area contributed by atoms with E-state index in [1.165, 1.54) is 0 Å². The van der Waals surface area contributed by atoms with Crippen LogP contribution in [0.4, 0.5) is 13.2 Å². The number of fused-ring (bicyclic) bond motifs is 1. The second-order valence-corrected chi connectivity index (χ2v) is 5.44. The van der Waals surface area contributed by atoms with Crippen LogP contribution in [0.15, 0.2) is 22.7 Å². The number of rotatable bonds is 4. The van der Waals surface area contributed by atoms with Crippen molar-refractivity contribution in [3.63, 3.8) is 0 Å². The Bertz CT molecular complexity index is 597. The molecule has 0 radical (unpaired) electrons. The third kappa shape index (κ3) is 3.58. The predicted octanol–water partition coefficient (Wildman–Crippen LogP) is 3.47. The fraction of sp³-hybridized carbons (Fsp3) is 0.357. The number of nitrogens with one attached hydrogen (secondary N) is 1. The number of benzene rings is 1. The molecule has 0 atom stereocenters. The van der Waals surface area contributed by atoms with Crippen molar-refractivity contribution in [2.75, 3.05) is 13.7 Å². The molecule has 1 aliphatic rings. The zero-order chi connectivity index (χ0) is 15.6. The minimum atomic E-state index is -4.84. The van der Waals surface area contributed by atoms with Gasteiger partial charge in [0, 0.05) is 6.54 Å². The highest BCUT2D eigenvalue weighted by molar-refractivity contribution is 9.10. The molecule has 1 aromatic rings. The molecule has 0 heterocycles. The average molecular weight is 364 g/mol. The normalized spacial score (nSPS) is 13.7. The number of ether oxygens (including phenoxy) is 1. The Hall–Kier alpha value is -1.50. The van der Waals surface area contributed by atoms with Crippen LogP contribution in [0.3, 0.4) is 0 Å². The minimum Gasteiger partial charge on any atom is -0.496 e. The molecule has 0 bridgehead atoms. The van der Waals surface area contributed by atoms with Crippen molar-refractivity contribution in [3.05, 3.63) is 33.8 Å². The second-order valence-electron chi connectivity index (χ2n) is 4.58. The molecular weight excluding hydrogens is 351 g/mol. The number of allylic oxidation sites excluding steroid dienone is 1. The number of halogens is 4. The van der Waals surface area contributed by atoms with E-state index >= 15 is 0 Å². The van der Waals surface area contributed by atoms with Crippen LogP contribution in [0, 0.1) is 0 Å². The molecule has 7 heteroatoms. The predicted molar refractivity (Wildman–Crippen MR) is 76.1 cm³/mol. The Morgan fingerprint density at radius 3 is 2.76 bits per heavy atom. The van der Waals surface area contributed by atoms with Crippen molar-refractivity contribution in [2.24, 2.45) is 0 Å². The van der Waals surface area contributed by atoms with Crippen molar-refractivity contribution >= 4 is 27.4 Å². The lowest BCUT2D eigenvalue weighted by Crippen LogP contribution is -2.37. The Kier molecular flexibility index (Phi) is 4.61. The van der Waals surface area contributed by atoms with E-state index in [0.717, 1.165) is 27.6 Å². The van der Waals surface area contributed by atoms with E-state index in [0.29, 0.717) is 12.2 Å². The largest absolute Gasteiger partial charge is 0.496 e. The van der Waals surface area contributed by atoms with Gasteiger partial charge in [-0.1, -0.05) is 6.08 Å². The summed E-state index contributed by atoms with van der Waals surface area (Å²) in [4.78, 5) is 10.7. The molecule has 1 aliphatic carbocycles. The zero-order valence-electron chi connectivity index (χ0n) is 11.2. The standard InChI is InChI=1S/C14H13BrF3NO2/c1-21-12-7-10-8(2-3-9(10)6-11(12)15)4-5-19-13(20)14(16,17)18/h2,6-7H,3-5H2,1H3,(H,19,20). The van der Waals surface area contributed by atoms with Gasteiger partial charge in [-0.25, -0.2) is 0 Å². The number of hydrogen-bond donors (Lipinski definition) is 1. The molecule has 0 aliphatic heterocycles. The summed E-state index contributed by atoms with van der Waals surface area (Å²) in [5.41, 5.74) is 2.95. The number of carbonyl (C=O) groups excluding carboxylic acids is 1. The van der Waals surface area contributed by atoms with E-state index in [9.17, 15) is 18.0 Å². The van der Waals surface area contributed by atoms with Gasteiger partial charge < -0.3 is 10.1 Å². The maximum atomic E-state index is 12.1. The van der Waals surface area contributed by atoms with Gasteiger partial charge >= 0.3 is 12.1 Å². The lowest BCUT2D eigenvalue weighted by atomic mass is 10.0. The van der Waals surface area contributed by atoms with E-state index in [1.54, 1.807) is 7.11 Å². The number of methoxy groups -OCH3 is 1. The van der Waals surface area contributed by atoms with Gasteiger partial charge in [0.25, 0.3) is 0 Å². The molecule has 114 valence electrons. The summed E-state index contributed by atoms with van der Waals surface area (Å²) in [6.45, 7) is -0.0536. The summed E-state index contributed by atoms with van der Waals surface area (Å²) in [5, 5.41) is 1.88. The minimum absolute atomic E-state index is 0.0536. The van der Waals surface area contributed by atoms with Crippen LogP contribution in [-0.2, 0) is 11.2 Å². The van der Waals surface area contributed by atoms with Crippen LogP contribution in [0.1, 0.15) is 17.5 Å². The molecule has 1 aromatic carbocycles. The Labute approximate surface area is 128 Å². The average Bonchev–Trinajstić information content (AvgIpc) is 2.78. The van der Waals surface area contributed by atoms with Crippen LogP contribution in [0.25, 0.3) is 5.57 Å². The first-order valence-electron chi connectivity index (χ1n) is 6.23. The van der Waals surface area contributed by atoms with Gasteiger partial charge in [-0.3, -0.25) is 4.79 Å². The fourth-order valence-electron chi connectivity index (χ4n) is 2.21. The molecule has 0 saturated carbocycles. The summed E-state index contributed by atoms with van der Waals surface area (Å²) in [7, 11) is 1.55. The van der Waals surface area contributed by atoms with E-state index in [1.807, 2.05) is 23.5 Å². The summed E-state index contributed by atoms with van der Waals surface area (Å²) < 4.78 is 42.3. The van der Waals surface area contributed by atoms with Gasteiger partial charge in [-0.05, 0) is 57.6 Å². The zero-order valence-corrected chi connectivity index (χ0v) is 12.8. The van der Waals surface area contributed by atoms with Crippen LogP contribution in [-0.4, -0.2) is 25.7 Å². The lowest BCUT2D eigenvalue weighted by molar-refractivity contribution is -0.173. The van der Waals surface area contributed by atoms with E-state index in [4.69, 9.17) is 4.74 Å². The summed E-state index contributed by atoms with van der Waals surface area (Å²) >= 11 is 3.39. The number of alkyl halides is 3. The fourth-order valence-corrected chi connectivity index (χ4v) is 2.76. The van der Waals surface area contributed by atoms with Crippen LogP contribution >= 0.6 is 15.9 Å². The second kappa shape index (κ2) is 6.09. The van der Waals surface area contributed by atoms with Gasteiger partial charge in [0.05, 0.1) is 11.6 Å². The van der Waals surface area contributed by atoms with Gasteiger partial charge in [-0.15, -0.1) is 0 Å². The first-order chi connectivity index (χ1) is 9.82. The summed E-state index contributed by atoms with van der Waals surface area (Å²) in [5.74, 6) is -1.24. The number of amides is 1. The van der Waals surface area contributed by atoms with Crippen molar-refractivity contribution in [1.82, 2.24) is 5.32 Å². The van der Waals surface area contributed by atoms with E-state index < -0.39 is 12.1 Å². The first kappa shape index (κ1) is 15.9. The van der Waals surface area contributed by atoms with Gasteiger partial charge in [-0.2, -0.15) is 13.2 Å². The molecule has 0 saturated heterocycles. The van der Waals surface area contributed by atoms with Crippen molar-refractivity contribution in [2.45, 2.75) is 19.0 Å². The highest BCUT2D eigenvalue weighted by Gasteiger charge is 2.38. The highest BCUT2D eigenvalue weighted by atomic mass is 79.9. The maximum absolute atomic E-state index is 12.1. The third-order valence-electron chi connectivity index (χ3n) is 3.23. The van der Waals surface area contributed by atoms with Crippen molar-refractivity contribution in [1.29, 1.82) is 0 Å². The molecule has 0 unspecified atom stereocenters. The molecule has 1 N–H and O–H groups in total. The van der Waals surface area contributed by atoms with Crippen molar-refractivity contribution < 1.29 is 22.7 Å². The van der Waals surface area contributed by atoms with Gasteiger partial charge in [0.2, 0.25) is 0 Å². The molecule has 0 aromatic heterocycles. The maximum Gasteiger partial charge on any atom is 0.471 e. The first-order valence-corrected chi connectivity index (χ1v) is 7.03. The Morgan fingerprint density at radius 2 is 2.14 bits per heavy atom. The topological polar surface area (TPSA) is 38.3 Å². The monoisotopic (exact) mass is 363 g/mol. The van der Waals surface area contributed by atoms with E-state index in [-0.39, 0.29) is 6.54 Å². The quantitative estimate of drug-likeness (QED) is 0.889. The van der Waals surface area contributed by atoms with Gasteiger partial charge in [0.15, 0.2) is 0 Å². The SMILES string of the molecule is COc1cc2c(cc1Br)CC=C2CCNC(=O)C(F)(F)F. The smallest absolute Gasteiger partial charge is 0.471 e. The van der Waals surface area contributed by atoms with Crippen molar-refractivity contribution in [3.8, 4) is 5.75 Å². The Morgan fingerprint density at radius 1 is 1.43 bits per heavy atom. The number of hydrogen-bond acceptors (Lipinski definition) is 2. The van der Waals surface area contributed by atoms with Gasteiger partial charge in [0.1, 0.15) is 5.75 Å². The molecule has 2 rings (SSSR count). The molecular formula is C14H13BrF3NO2. The summed E-state index contributed by atoms with van der Waals surface area (Å²) in [6, 6.07) is 3.79. The molecule has 21 heavy (non-hydrogen) atoms. The van der Waals surface area contributed by atoms with E-state index in [2.05, 4.69) is 15.9 Å². The molecule has 0 fully saturated rings. The Balaban J connectivity index is 2.01. The van der Waals surface area contributed by atoms with Crippen LogP contribution < -0.4 is 10.1 Å². The van der Waals surface area contributed by atoms with Crippen LogP contribution in [0.2, 0.25) is 0 Å². The highest BCUT2D eigenvalue weighted by Crippen LogP contribution is 2.37. The molecule has 1 amide bonds. The number of carbonyl (C=O) groups is 1.